The second kappa shape index (κ2) is 10.3. The SMILES string of the molecule is CN1CCN(C(=O)c2ccc(-c3cncc(C(=O)NCc4cccc(C(F)(F)F)c4)c3)cc2)CC1. The van der Waals surface area contributed by atoms with E-state index in [1.165, 1.54) is 18.3 Å². The first-order chi connectivity index (χ1) is 16.7. The minimum atomic E-state index is -4.44. The Morgan fingerprint density at radius 3 is 2.31 bits per heavy atom. The molecule has 0 unspecified atom stereocenters. The van der Waals surface area contributed by atoms with E-state index in [9.17, 15) is 22.8 Å². The fourth-order valence-electron chi connectivity index (χ4n) is 3.86. The summed E-state index contributed by atoms with van der Waals surface area (Å²) in [5.74, 6) is -0.455. The Hall–Kier alpha value is -3.72. The molecule has 35 heavy (non-hydrogen) atoms. The molecule has 9 heteroatoms. The maximum atomic E-state index is 12.9. The van der Waals surface area contributed by atoms with Crippen LogP contribution in [0.2, 0.25) is 0 Å². The fourth-order valence-corrected chi connectivity index (χ4v) is 3.86. The molecule has 6 nitrogen and oxygen atoms in total. The van der Waals surface area contributed by atoms with E-state index in [2.05, 4.69) is 15.2 Å². The maximum Gasteiger partial charge on any atom is 0.416 e. The number of carbonyl (C=O) groups excluding carboxylic acids is 2. The van der Waals surface area contributed by atoms with Gasteiger partial charge in [-0.15, -0.1) is 0 Å². The third-order valence-corrected chi connectivity index (χ3v) is 5.96. The molecule has 1 aliphatic rings. The van der Waals surface area contributed by atoms with Gasteiger partial charge in [-0.05, 0) is 48.5 Å². The van der Waals surface area contributed by atoms with E-state index in [-0.39, 0.29) is 18.0 Å². The number of alkyl halides is 3. The Labute approximate surface area is 201 Å². The smallest absolute Gasteiger partial charge is 0.348 e. The highest BCUT2D eigenvalue weighted by atomic mass is 19.4. The lowest BCUT2D eigenvalue weighted by molar-refractivity contribution is -0.137. The Morgan fingerprint density at radius 2 is 1.63 bits per heavy atom. The van der Waals surface area contributed by atoms with Gasteiger partial charge in [0.05, 0.1) is 11.1 Å². The summed E-state index contributed by atoms with van der Waals surface area (Å²) in [7, 11) is 2.03. The molecule has 0 radical (unpaired) electrons. The highest BCUT2D eigenvalue weighted by Crippen LogP contribution is 2.29. The molecule has 0 aliphatic carbocycles. The van der Waals surface area contributed by atoms with Crippen LogP contribution in [-0.2, 0) is 12.7 Å². The molecule has 1 N–H and O–H groups in total. The van der Waals surface area contributed by atoms with Crippen LogP contribution in [0.25, 0.3) is 11.1 Å². The highest BCUT2D eigenvalue weighted by Gasteiger charge is 2.30. The number of rotatable bonds is 5. The monoisotopic (exact) mass is 482 g/mol. The lowest BCUT2D eigenvalue weighted by atomic mass is 10.0. The minimum Gasteiger partial charge on any atom is -0.348 e. The number of piperazine rings is 1. The number of nitrogens with one attached hydrogen (secondary N) is 1. The van der Waals surface area contributed by atoms with E-state index >= 15 is 0 Å². The van der Waals surface area contributed by atoms with Crippen molar-refractivity contribution < 1.29 is 22.8 Å². The van der Waals surface area contributed by atoms with Crippen LogP contribution in [0.1, 0.15) is 31.8 Å². The van der Waals surface area contributed by atoms with Crippen molar-refractivity contribution in [2.24, 2.45) is 0 Å². The molecule has 2 aromatic carbocycles. The zero-order chi connectivity index (χ0) is 25.0. The number of carbonyl (C=O) groups is 2. The summed E-state index contributed by atoms with van der Waals surface area (Å²) < 4.78 is 38.7. The van der Waals surface area contributed by atoms with Crippen molar-refractivity contribution in [1.29, 1.82) is 0 Å². The molecular weight excluding hydrogens is 457 g/mol. The van der Waals surface area contributed by atoms with Gasteiger partial charge in [0, 0.05) is 56.2 Å². The summed E-state index contributed by atoms with van der Waals surface area (Å²) in [6.07, 6.45) is -1.43. The predicted octanol–water partition coefficient (Wildman–Crippen LogP) is 4.09. The Kier molecular flexibility index (Phi) is 7.16. The second-order valence-electron chi connectivity index (χ2n) is 8.52. The lowest BCUT2D eigenvalue weighted by Crippen LogP contribution is -2.47. The molecule has 0 spiro atoms. The molecule has 2 heterocycles. The first-order valence-corrected chi connectivity index (χ1v) is 11.2. The number of hydrogen-bond acceptors (Lipinski definition) is 4. The molecule has 2 amide bonds. The third kappa shape index (κ3) is 6.05. The molecular formula is C26H25F3N4O2. The summed E-state index contributed by atoms with van der Waals surface area (Å²) in [4.78, 5) is 33.5. The quantitative estimate of drug-likeness (QED) is 0.595. The van der Waals surface area contributed by atoms with Gasteiger partial charge in [-0.2, -0.15) is 13.2 Å². The van der Waals surface area contributed by atoms with Gasteiger partial charge < -0.3 is 15.1 Å². The van der Waals surface area contributed by atoms with E-state index in [1.807, 2.05) is 24.1 Å². The van der Waals surface area contributed by atoms with Crippen molar-refractivity contribution in [2.45, 2.75) is 12.7 Å². The van der Waals surface area contributed by atoms with Crippen LogP contribution >= 0.6 is 0 Å². The third-order valence-electron chi connectivity index (χ3n) is 5.96. The van der Waals surface area contributed by atoms with Crippen molar-refractivity contribution in [1.82, 2.24) is 20.1 Å². The van der Waals surface area contributed by atoms with Gasteiger partial charge >= 0.3 is 6.18 Å². The van der Waals surface area contributed by atoms with Gasteiger partial charge in [0.1, 0.15) is 0 Å². The topological polar surface area (TPSA) is 65.5 Å². The standard InChI is InChI=1S/C26H25F3N4O2/c1-32-9-11-33(12-10-32)25(35)20-7-5-19(6-8-20)21-14-22(17-30-16-21)24(34)31-15-18-3-2-4-23(13-18)26(27,28)29/h2-8,13-14,16-17H,9-12,15H2,1H3,(H,31,34). The van der Waals surface area contributed by atoms with Crippen LogP contribution < -0.4 is 5.32 Å². The summed E-state index contributed by atoms with van der Waals surface area (Å²) in [5, 5.41) is 2.64. The minimum absolute atomic E-state index is 0.00880. The van der Waals surface area contributed by atoms with Crippen molar-refractivity contribution in [2.75, 3.05) is 33.2 Å². The molecule has 1 fully saturated rings. The van der Waals surface area contributed by atoms with Gasteiger partial charge in [0.15, 0.2) is 0 Å². The van der Waals surface area contributed by atoms with E-state index in [4.69, 9.17) is 0 Å². The van der Waals surface area contributed by atoms with Crippen molar-refractivity contribution in [3.05, 3.63) is 89.2 Å². The first-order valence-electron chi connectivity index (χ1n) is 11.2. The van der Waals surface area contributed by atoms with Gasteiger partial charge in [0.2, 0.25) is 0 Å². The van der Waals surface area contributed by atoms with E-state index < -0.39 is 17.6 Å². The van der Waals surface area contributed by atoms with Crippen LogP contribution in [-0.4, -0.2) is 59.8 Å². The molecule has 0 atom stereocenters. The molecule has 1 saturated heterocycles. The first kappa shape index (κ1) is 24.4. The van der Waals surface area contributed by atoms with Gasteiger partial charge in [0.25, 0.3) is 11.8 Å². The number of halogens is 3. The lowest BCUT2D eigenvalue weighted by Gasteiger charge is -2.32. The molecule has 4 rings (SSSR count). The number of pyridine rings is 1. The molecule has 182 valence electrons. The highest BCUT2D eigenvalue weighted by molar-refractivity contribution is 5.96. The van der Waals surface area contributed by atoms with Crippen molar-refractivity contribution >= 4 is 11.8 Å². The average molecular weight is 483 g/mol. The second-order valence-corrected chi connectivity index (χ2v) is 8.52. The summed E-state index contributed by atoms with van der Waals surface area (Å²) >= 11 is 0. The van der Waals surface area contributed by atoms with Crippen molar-refractivity contribution in [3.8, 4) is 11.1 Å². The van der Waals surface area contributed by atoms with Gasteiger partial charge in [-0.1, -0.05) is 24.3 Å². The summed E-state index contributed by atoms with van der Waals surface area (Å²) in [6.45, 7) is 3.03. The molecule has 1 aromatic heterocycles. The number of hydrogen-bond donors (Lipinski definition) is 1. The van der Waals surface area contributed by atoms with Crippen molar-refractivity contribution in [3.63, 3.8) is 0 Å². The number of nitrogens with zero attached hydrogens (tertiary/aromatic N) is 3. The van der Waals surface area contributed by atoms with E-state index in [1.54, 1.807) is 24.4 Å². The van der Waals surface area contributed by atoms with E-state index in [0.717, 1.165) is 30.8 Å². The Morgan fingerprint density at radius 1 is 0.914 bits per heavy atom. The summed E-state index contributed by atoms with van der Waals surface area (Å²) in [5.41, 5.74) is 1.95. The van der Waals surface area contributed by atoms with Gasteiger partial charge in [-0.25, -0.2) is 0 Å². The van der Waals surface area contributed by atoms with Gasteiger partial charge in [-0.3, -0.25) is 14.6 Å². The van der Waals surface area contributed by atoms with E-state index in [0.29, 0.717) is 29.8 Å². The predicted molar refractivity (Wildman–Crippen MR) is 126 cm³/mol. The number of amides is 2. The Bertz CT molecular complexity index is 1200. The summed E-state index contributed by atoms with van der Waals surface area (Å²) in [6, 6.07) is 13.6. The van der Waals surface area contributed by atoms with Crippen LogP contribution in [0.4, 0.5) is 13.2 Å². The maximum absolute atomic E-state index is 12.9. The zero-order valence-corrected chi connectivity index (χ0v) is 19.2. The zero-order valence-electron chi connectivity index (χ0n) is 19.2. The largest absolute Gasteiger partial charge is 0.416 e. The van der Waals surface area contributed by atoms with Crippen LogP contribution in [0.15, 0.2) is 67.0 Å². The molecule has 0 saturated carbocycles. The molecule has 0 bridgehead atoms. The Balaban J connectivity index is 1.41. The number of benzene rings is 2. The number of aromatic nitrogens is 1. The fraction of sp³-hybridized carbons (Fsp3) is 0.269. The normalized spacial score (nSPS) is 14.6. The molecule has 3 aromatic rings. The number of likely N-dealkylation sites (N-methyl/N-ethyl adjacent to an activating group) is 1. The van der Waals surface area contributed by atoms with Crippen LogP contribution in [0.5, 0.6) is 0 Å². The van der Waals surface area contributed by atoms with Crippen LogP contribution in [0.3, 0.4) is 0 Å². The molecule has 1 aliphatic heterocycles. The van der Waals surface area contributed by atoms with Crippen LogP contribution in [0, 0.1) is 0 Å². The average Bonchev–Trinajstić information content (AvgIpc) is 2.87.